The molecule has 0 fully saturated rings. The van der Waals surface area contributed by atoms with Crippen molar-refractivity contribution in [2.45, 2.75) is 0 Å². The molecule has 1 aromatic heterocycles. The van der Waals surface area contributed by atoms with Crippen LogP contribution in [-0.2, 0) is 0 Å². The lowest BCUT2D eigenvalue weighted by Gasteiger charge is -2.03. The van der Waals surface area contributed by atoms with Gasteiger partial charge in [-0.15, -0.1) is 6.42 Å². The Kier molecular flexibility index (Phi) is 4.86. The third-order valence-electron chi connectivity index (χ3n) is 3.66. The van der Waals surface area contributed by atoms with Crippen molar-refractivity contribution in [1.82, 2.24) is 0 Å². The summed E-state index contributed by atoms with van der Waals surface area (Å²) in [6.07, 6.45) is 7.86. The summed E-state index contributed by atoms with van der Waals surface area (Å²) in [5.74, 6) is 1.95. The van der Waals surface area contributed by atoms with Gasteiger partial charge in [0.15, 0.2) is 5.78 Å². The number of ether oxygens (including phenoxy) is 1. The molecular formula is C21H14O5. The molecule has 1 N–H and O–H groups in total. The van der Waals surface area contributed by atoms with E-state index in [0.29, 0.717) is 11.1 Å². The summed E-state index contributed by atoms with van der Waals surface area (Å²) < 4.78 is 10.4. The van der Waals surface area contributed by atoms with Crippen LogP contribution in [0.4, 0.5) is 0 Å². The molecule has 0 aliphatic heterocycles. The third kappa shape index (κ3) is 3.50. The number of hydrogen-bond acceptors (Lipinski definition) is 5. The quantitative estimate of drug-likeness (QED) is 0.332. The van der Waals surface area contributed by atoms with E-state index in [4.69, 9.17) is 15.6 Å². The summed E-state index contributed by atoms with van der Waals surface area (Å²) in [6, 6.07) is 13.4. The van der Waals surface area contributed by atoms with Gasteiger partial charge in [0.05, 0.1) is 5.39 Å². The van der Waals surface area contributed by atoms with Gasteiger partial charge in [0.2, 0.25) is 0 Å². The molecule has 1 heterocycles. The maximum Gasteiger partial charge on any atom is 0.351 e. The van der Waals surface area contributed by atoms with Crippen molar-refractivity contribution in [3.05, 3.63) is 76.2 Å². The van der Waals surface area contributed by atoms with Gasteiger partial charge in [0, 0.05) is 0 Å². The molecule has 0 radical (unpaired) electrons. The van der Waals surface area contributed by atoms with Crippen molar-refractivity contribution < 1.29 is 19.1 Å². The van der Waals surface area contributed by atoms with Crippen molar-refractivity contribution in [3.63, 3.8) is 0 Å². The third-order valence-corrected chi connectivity index (χ3v) is 3.66. The predicted molar refractivity (Wildman–Crippen MR) is 98.3 cm³/mol. The van der Waals surface area contributed by atoms with Gasteiger partial charge >= 0.3 is 5.63 Å². The molecule has 0 unspecified atom stereocenters. The molecule has 128 valence electrons. The lowest BCUT2D eigenvalue weighted by Crippen LogP contribution is -2.12. The highest BCUT2D eigenvalue weighted by Crippen LogP contribution is 2.26. The fourth-order valence-electron chi connectivity index (χ4n) is 2.41. The topological polar surface area (TPSA) is 76.7 Å². The lowest BCUT2D eigenvalue weighted by atomic mass is 10.1. The summed E-state index contributed by atoms with van der Waals surface area (Å²) in [4.78, 5) is 24.4. The number of benzene rings is 2. The molecule has 0 bridgehead atoms. The minimum Gasteiger partial charge on any atom is -0.506 e. The smallest absolute Gasteiger partial charge is 0.351 e. The van der Waals surface area contributed by atoms with Crippen molar-refractivity contribution >= 4 is 22.8 Å². The van der Waals surface area contributed by atoms with Crippen LogP contribution in [0.25, 0.3) is 17.0 Å². The van der Waals surface area contributed by atoms with E-state index in [9.17, 15) is 14.7 Å². The van der Waals surface area contributed by atoms with Crippen LogP contribution >= 0.6 is 0 Å². The maximum absolute atomic E-state index is 12.4. The molecule has 5 nitrogen and oxygen atoms in total. The van der Waals surface area contributed by atoms with Gasteiger partial charge in [-0.25, -0.2) is 4.79 Å². The van der Waals surface area contributed by atoms with E-state index >= 15 is 0 Å². The fourth-order valence-corrected chi connectivity index (χ4v) is 2.41. The zero-order valence-corrected chi connectivity index (χ0v) is 13.6. The van der Waals surface area contributed by atoms with Gasteiger partial charge < -0.3 is 14.3 Å². The Hall–Kier alpha value is -3.78. The molecule has 0 aliphatic carbocycles. The maximum atomic E-state index is 12.4. The van der Waals surface area contributed by atoms with Gasteiger partial charge in [-0.05, 0) is 35.9 Å². The molecule has 0 saturated carbocycles. The number of rotatable bonds is 5. The molecule has 2 aromatic carbocycles. The lowest BCUT2D eigenvalue weighted by molar-refractivity contribution is 0.104. The number of carbonyl (C=O) groups is 1. The summed E-state index contributed by atoms with van der Waals surface area (Å²) in [7, 11) is 0. The van der Waals surface area contributed by atoms with E-state index in [-0.39, 0.29) is 17.9 Å². The van der Waals surface area contributed by atoms with Crippen LogP contribution in [0, 0.1) is 12.3 Å². The molecule has 0 spiro atoms. The molecule has 0 saturated heterocycles. The molecule has 5 heteroatoms. The molecular weight excluding hydrogens is 332 g/mol. The van der Waals surface area contributed by atoms with Crippen LogP contribution in [0.1, 0.15) is 15.9 Å². The highest BCUT2D eigenvalue weighted by molar-refractivity contribution is 6.10. The van der Waals surface area contributed by atoms with Crippen LogP contribution < -0.4 is 10.4 Å². The molecule has 26 heavy (non-hydrogen) atoms. The number of allylic oxidation sites excluding steroid dienone is 1. The molecule has 0 aliphatic rings. The largest absolute Gasteiger partial charge is 0.506 e. The summed E-state index contributed by atoms with van der Waals surface area (Å²) in [5.41, 5.74) is -0.336. The standard InChI is InChI=1S/C21H14O5/c1-2-13-25-15-10-7-14(8-11-15)9-12-17(22)19-20(23)16-5-3-4-6-18(16)26-21(19)24/h1,3-12,23H,13H2/b12-9+. The Balaban J connectivity index is 1.86. The van der Waals surface area contributed by atoms with Crippen molar-refractivity contribution in [2.24, 2.45) is 0 Å². The minimum absolute atomic E-state index is 0.171. The summed E-state index contributed by atoms with van der Waals surface area (Å²) in [5, 5.41) is 10.6. The zero-order chi connectivity index (χ0) is 18.5. The Morgan fingerprint density at radius 1 is 1.19 bits per heavy atom. The molecule has 3 rings (SSSR count). The van der Waals surface area contributed by atoms with Crippen LogP contribution in [0.15, 0.2) is 63.8 Å². The minimum atomic E-state index is -0.881. The average Bonchev–Trinajstić information content (AvgIpc) is 2.65. The van der Waals surface area contributed by atoms with E-state index in [1.807, 2.05) is 0 Å². The van der Waals surface area contributed by atoms with Crippen LogP contribution in [0.3, 0.4) is 0 Å². The number of aromatic hydroxyl groups is 1. The molecule has 3 aromatic rings. The fraction of sp³-hybridized carbons (Fsp3) is 0.0476. The number of hydrogen-bond donors (Lipinski definition) is 1. The van der Waals surface area contributed by atoms with E-state index in [1.165, 1.54) is 12.2 Å². The monoisotopic (exact) mass is 346 g/mol. The predicted octanol–water partition coefficient (Wildman–Crippen LogP) is 3.41. The number of ketones is 1. The zero-order valence-electron chi connectivity index (χ0n) is 13.6. The number of fused-ring (bicyclic) bond motifs is 1. The van der Waals surface area contributed by atoms with E-state index in [2.05, 4.69) is 5.92 Å². The van der Waals surface area contributed by atoms with E-state index < -0.39 is 17.0 Å². The highest BCUT2D eigenvalue weighted by Gasteiger charge is 2.18. The Labute approximate surface area is 149 Å². The second kappa shape index (κ2) is 7.41. The number of para-hydroxylation sites is 1. The summed E-state index contributed by atoms with van der Waals surface area (Å²) in [6.45, 7) is 0.171. The Bertz CT molecular complexity index is 1080. The van der Waals surface area contributed by atoms with Crippen LogP contribution in [0.2, 0.25) is 0 Å². The average molecular weight is 346 g/mol. The van der Waals surface area contributed by atoms with Gasteiger partial charge in [0.25, 0.3) is 0 Å². The second-order valence-corrected chi connectivity index (χ2v) is 5.37. The normalized spacial score (nSPS) is 10.7. The van der Waals surface area contributed by atoms with Gasteiger partial charge in [-0.1, -0.05) is 36.3 Å². The van der Waals surface area contributed by atoms with Gasteiger partial charge in [-0.2, -0.15) is 0 Å². The number of terminal acetylenes is 1. The van der Waals surface area contributed by atoms with Crippen LogP contribution in [-0.4, -0.2) is 17.5 Å². The number of carbonyl (C=O) groups excluding carboxylic acids is 1. The molecule has 0 amide bonds. The Morgan fingerprint density at radius 3 is 2.65 bits per heavy atom. The highest BCUT2D eigenvalue weighted by atomic mass is 16.5. The van der Waals surface area contributed by atoms with Crippen LogP contribution in [0.5, 0.6) is 11.5 Å². The second-order valence-electron chi connectivity index (χ2n) is 5.37. The first-order valence-corrected chi connectivity index (χ1v) is 7.73. The van der Waals surface area contributed by atoms with Gasteiger partial charge in [-0.3, -0.25) is 4.79 Å². The first-order valence-electron chi connectivity index (χ1n) is 7.73. The molecule has 0 atom stereocenters. The first-order chi connectivity index (χ1) is 12.6. The van der Waals surface area contributed by atoms with E-state index in [0.717, 1.165) is 5.56 Å². The van der Waals surface area contributed by atoms with Gasteiger partial charge in [0.1, 0.15) is 29.3 Å². The van der Waals surface area contributed by atoms with Crippen molar-refractivity contribution in [2.75, 3.05) is 6.61 Å². The van der Waals surface area contributed by atoms with E-state index in [1.54, 1.807) is 48.5 Å². The van der Waals surface area contributed by atoms with Crippen molar-refractivity contribution in [3.8, 4) is 23.8 Å². The summed E-state index contributed by atoms with van der Waals surface area (Å²) >= 11 is 0. The first kappa shape index (κ1) is 17.1. The Morgan fingerprint density at radius 2 is 1.92 bits per heavy atom. The SMILES string of the molecule is C#CCOc1ccc(/C=C/C(=O)c2c(O)c3ccccc3oc2=O)cc1. The van der Waals surface area contributed by atoms with Crippen molar-refractivity contribution in [1.29, 1.82) is 0 Å².